The number of hydrogen-bond donors (Lipinski definition) is 2. The highest BCUT2D eigenvalue weighted by Crippen LogP contribution is 2.32. The summed E-state index contributed by atoms with van der Waals surface area (Å²) < 4.78 is 5.35. The van der Waals surface area contributed by atoms with Gasteiger partial charge in [0.15, 0.2) is 5.82 Å². The van der Waals surface area contributed by atoms with Crippen LogP contribution in [-0.2, 0) is 6.42 Å². The van der Waals surface area contributed by atoms with E-state index in [2.05, 4.69) is 67.8 Å². The highest BCUT2D eigenvalue weighted by atomic mass is 16.5. The summed E-state index contributed by atoms with van der Waals surface area (Å²) in [6.45, 7) is 3.43. The first-order valence-electron chi connectivity index (χ1n) is 12.0. The molecule has 2 N–H and O–H groups in total. The molecular formula is C27H28N6O. The number of likely N-dealkylation sites (tertiary alicyclic amines) is 1. The van der Waals surface area contributed by atoms with Crippen molar-refractivity contribution in [2.45, 2.75) is 25.7 Å². The first kappa shape index (κ1) is 20.9. The van der Waals surface area contributed by atoms with Crippen molar-refractivity contribution in [2.24, 2.45) is 0 Å². The van der Waals surface area contributed by atoms with Gasteiger partial charge in [-0.15, -0.1) is 0 Å². The minimum Gasteiger partial charge on any atom is -0.497 e. The quantitative estimate of drug-likeness (QED) is 0.370. The molecular weight excluding hydrogens is 424 g/mol. The van der Waals surface area contributed by atoms with Crippen LogP contribution in [0.3, 0.4) is 0 Å². The van der Waals surface area contributed by atoms with E-state index < -0.39 is 0 Å². The van der Waals surface area contributed by atoms with Gasteiger partial charge in [0, 0.05) is 29.5 Å². The fourth-order valence-electron chi connectivity index (χ4n) is 4.85. The Morgan fingerprint density at radius 1 is 0.853 bits per heavy atom. The molecule has 5 aromatic rings. The molecule has 1 aliphatic rings. The van der Waals surface area contributed by atoms with Crippen LogP contribution in [0.25, 0.3) is 44.3 Å². The number of aromatic amines is 2. The molecule has 3 aromatic carbocycles. The number of fused-ring (bicyclic) bond motifs is 2. The predicted octanol–water partition coefficient (Wildman–Crippen LogP) is 5.21. The molecule has 6 rings (SSSR count). The standard InChI is InChI=1S/C27H28N6O/c1-34-22-9-7-18-15-20(6-5-19(18)16-22)26-23-17-21(8-10-24(23)29-31-26)27-28-25(30-32-27)11-14-33-12-3-2-4-13-33/h5-10,15-17H,2-4,11-14H2,1H3,(H,29,31)(H,28,30,32). The molecule has 1 fully saturated rings. The summed E-state index contributed by atoms with van der Waals surface area (Å²) in [6.07, 6.45) is 4.86. The zero-order valence-corrected chi connectivity index (χ0v) is 19.3. The van der Waals surface area contributed by atoms with Crippen LogP contribution in [0.5, 0.6) is 5.75 Å². The molecule has 7 heteroatoms. The molecule has 0 unspecified atom stereocenters. The number of methoxy groups -OCH3 is 1. The second-order valence-electron chi connectivity index (χ2n) is 9.02. The maximum Gasteiger partial charge on any atom is 0.181 e. The number of aromatic nitrogens is 5. The number of ether oxygens (including phenoxy) is 1. The van der Waals surface area contributed by atoms with Crippen LogP contribution < -0.4 is 4.74 Å². The predicted molar refractivity (Wildman–Crippen MR) is 135 cm³/mol. The van der Waals surface area contributed by atoms with E-state index >= 15 is 0 Å². The summed E-state index contributed by atoms with van der Waals surface area (Å²) in [5.41, 5.74) is 3.98. The monoisotopic (exact) mass is 452 g/mol. The van der Waals surface area contributed by atoms with E-state index in [9.17, 15) is 0 Å². The molecule has 1 saturated heterocycles. The lowest BCUT2D eigenvalue weighted by Gasteiger charge is -2.25. The first-order chi connectivity index (χ1) is 16.8. The number of piperidine rings is 1. The molecule has 2 aromatic heterocycles. The minimum absolute atomic E-state index is 0.730. The van der Waals surface area contributed by atoms with Crippen LogP contribution >= 0.6 is 0 Å². The molecule has 0 radical (unpaired) electrons. The Labute approximate surface area is 198 Å². The smallest absolute Gasteiger partial charge is 0.181 e. The number of nitrogens with one attached hydrogen (secondary N) is 2. The second-order valence-corrected chi connectivity index (χ2v) is 9.02. The Hall–Kier alpha value is -3.71. The fourth-order valence-corrected chi connectivity index (χ4v) is 4.85. The Balaban J connectivity index is 1.27. The van der Waals surface area contributed by atoms with Gasteiger partial charge in [-0.25, -0.2) is 4.98 Å². The maximum atomic E-state index is 5.35. The third kappa shape index (κ3) is 4.03. The number of hydrogen-bond acceptors (Lipinski definition) is 5. The Morgan fingerprint density at radius 3 is 2.56 bits per heavy atom. The van der Waals surface area contributed by atoms with E-state index in [0.717, 1.165) is 68.9 Å². The summed E-state index contributed by atoms with van der Waals surface area (Å²) >= 11 is 0. The lowest BCUT2D eigenvalue weighted by atomic mass is 10.0. The topological polar surface area (TPSA) is 82.7 Å². The second kappa shape index (κ2) is 8.91. The van der Waals surface area contributed by atoms with Gasteiger partial charge in [-0.05, 0) is 73.1 Å². The molecule has 3 heterocycles. The lowest BCUT2D eigenvalue weighted by Crippen LogP contribution is -2.31. The zero-order valence-electron chi connectivity index (χ0n) is 19.3. The average Bonchev–Trinajstić information content (AvgIpc) is 3.54. The molecule has 1 aliphatic heterocycles. The van der Waals surface area contributed by atoms with Crippen LogP contribution in [0.2, 0.25) is 0 Å². The fraction of sp³-hybridized carbons (Fsp3) is 0.296. The largest absolute Gasteiger partial charge is 0.497 e. The van der Waals surface area contributed by atoms with Crippen molar-refractivity contribution < 1.29 is 4.74 Å². The molecule has 0 bridgehead atoms. The van der Waals surface area contributed by atoms with Crippen molar-refractivity contribution in [1.29, 1.82) is 0 Å². The first-order valence-corrected chi connectivity index (χ1v) is 12.0. The summed E-state index contributed by atoms with van der Waals surface area (Å²) in [7, 11) is 1.69. The van der Waals surface area contributed by atoms with E-state index in [4.69, 9.17) is 9.72 Å². The van der Waals surface area contributed by atoms with Crippen LogP contribution in [0.15, 0.2) is 54.6 Å². The van der Waals surface area contributed by atoms with Gasteiger partial charge in [0.25, 0.3) is 0 Å². The van der Waals surface area contributed by atoms with Crippen molar-refractivity contribution in [1.82, 2.24) is 30.3 Å². The van der Waals surface area contributed by atoms with Gasteiger partial charge in [0.2, 0.25) is 0 Å². The third-order valence-electron chi connectivity index (χ3n) is 6.79. The van der Waals surface area contributed by atoms with Crippen LogP contribution in [0.1, 0.15) is 25.1 Å². The Kier molecular flexibility index (Phi) is 5.47. The van der Waals surface area contributed by atoms with Gasteiger partial charge in [0.05, 0.1) is 18.3 Å². The van der Waals surface area contributed by atoms with Crippen molar-refractivity contribution in [3.05, 3.63) is 60.4 Å². The minimum atomic E-state index is 0.730. The van der Waals surface area contributed by atoms with Gasteiger partial charge in [0.1, 0.15) is 11.6 Å². The van der Waals surface area contributed by atoms with Gasteiger partial charge >= 0.3 is 0 Å². The number of nitrogens with zero attached hydrogens (tertiary/aromatic N) is 4. The van der Waals surface area contributed by atoms with Crippen molar-refractivity contribution in [2.75, 3.05) is 26.7 Å². The molecule has 0 aliphatic carbocycles. The van der Waals surface area contributed by atoms with E-state index in [1.54, 1.807) is 7.11 Å². The summed E-state index contributed by atoms with van der Waals surface area (Å²) in [5.74, 6) is 2.53. The van der Waals surface area contributed by atoms with Gasteiger partial charge in [-0.1, -0.05) is 24.6 Å². The highest BCUT2D eigenvalue weighted by molar-refractivity contribution is 5.97. The number of H-pyrrole nitrogens is 2. The Morgan fingerprint density at radius 2 is 1.68 bits per heavy atom. The van der Waals surface area contributed by atoms with E-state index in [1.165, 1.54) is 32.4 Å². The molecule has 0 saturated carbocycles. The zero-order chi connectivity index (χ0) is 22.9. The average molecular weight is 453 g/mol. The van der Waals surface area contributed by atoms with Crippen molar-refractivity contribution in [3.63, 3.8) is 0 Å². The normalized spacial score (nSPS) is 14.7. The summed E-state index contributed by atoms with van der Waals surface area (Å²) in [4.78, 5) is 7.30. The summed E-state index contributed by atoms with van der Waals surface area (Å²) in [6, 6.07) is 18.7. The molecule has 7 nitrogen and oxygen atoms in total. The maximum absolute atomic E-state index is 5.35. The van der Waals surface area contributed by atoms with Gasteiger partial charge < -0.3 is 9.64 Å². The molecule has 0 atom stereocenters. The summed E-state index contributed by atoms with van der Waals surface area (Å²) in [5, 5.41) is 18.8. The van der Waals surface area contributed by atoms with Crippen LogP contribution in [0, 0.1) is 0 Å². The van der Waals surface area contributed by atoms with E-state index in [0.29, 0.717) is 0 Å². The highest BCUT2D eigenvalue weighted by Gasteiger charge is 2.14. The molecule has 0 spiro atoms. The Bertz CT molecular complexity index is 1450. The third-order valence-corrected chi connectivity index (χ3v) is 6.79. The number of rotatable bonds is 6. The number of benzene rings is 3. The van der Waals surface area contributed by atoms with Crippen LogP contribution in [0.4, 0.5) is 0 Å². The van der Waals surface area contributed by atoms with Gasteiger partial charge in [-0.3, -0.25) is 10.2 Å². The van der Waals surface area contributed by atoms with Crippen LogP contribution in [-0.4, -0.2) is 57.0 Å². The van der Waals surface area contributed by atoms with Crippen molar-refractivity contribution in [3.8, 4) is 28.4 Å². The van der Waals surface area contributed by atoms with E-state index in [-0.39, 0.29) is 0 Å². The van der Waals surface area contributed by atoms with Crippen molar-refractivity contribution >= 4 is 21.7 Å². The SMILES string of the molecule is COc1ccc2cc(-c3n[nH]c4ccc(-c5n[nH]c(CCN6CCCCC6)n5)cc34)ccc2c1. The van der Waals surface area contributed by atoms with E-state index in [1.807, 2.05) is 12.1 Å². The van der Waals surface area contributed by atoms with Gasteiger partial charge in [-0.2, -0.15) is 10.2 Å². The molecule has 172 valence electrons. The lowest BCUT2D eigenvalue weighted by molar-refractivity contribution is 0.230. The molecule has 0 amide bonds. The molecule has 34 heavy (non-hydrogen) atoms.